The first-order valence-electron chi connectivity index (χ1n) is 12.0. The molecule has 0 saturated carbocycles. The molecule has 9 nitrogen and oxygen atoms in total. The van der Waals surface area contributed by atoms with Gasteiger partial charge in [-0.3, -0.25) is 14.7 Å². The van der Waals surface area contributed by atoms with E-state index in [4.69, 9.17) is 25.8 Å². The smallest absolute Gasteiger partial charge is 0.220 e. The zero-order valence-electron chi connectivity index (χ0n) is 21.5. The molecule has 0 aliphatic carbocycles. The summed E-state index contributed by atoms with van der Waals surface area (Å²) in [5.74, 6) is 1.61. The summed E-state index contributed by atoms with van der Waals surface area (Å²) < 4.78 is 32.0. The van der Waals surface area contributed by atoms with Crippen LogP contribution in [0.25, 0.3) is 5.69 Å². The van der Waals surface area contributed by atoms with Gasteiger partial charge in [-0.1, -0.05) is 35.5 Å². The van der Waals surface area contributed by atoms with Gasteiger partial charge in [-0.15, -0.1) is 10.2 Å². The molecular weight excluding hydrogens is 547 g/mol. The third kappa shape index (κ3) is 6.98. The molecule has 1 aromatic heterocycles. The standard InChI is InChI=1S/C27H26ClFN4O5S/c1-4-37-22-11-9-21(10-12-22)33-17(2)30-31-27(33)39-25(15-32(34)35)19-13-23(28)26(24(14-19)36-3)38-16-18-5-7-20(29)8-6-18/h5-14,25H,4,15-16H2,1-3H3/t25-/m1/s1. The number of aryl methyl sites for hydroxylation is 1. The molecule has 3 aromatic carbocycles. The van der Waals surface area contributed by atoms with E-state index in [1.165, 1.54) is 31.0 Å². The van der Waals surface area contributed by atoms with Crippen LogP contribution in [0, 0.1) is 22.9 Å². The van der Waals surface area contributed by atoms with Gasteiger partial charge in [0.05, 0.1) is 18.7 Å². The minimum absolute atomic E-state index is 0.132. The van der Waals surface area contributed by atoms with Crippen molar-refractivity contribution in [2.75, 3.05) is 20.3 Å². The van der Waals surface area contributed by atoms with E-state index in [0.717, 1.165) is 17.0 Å². The lowest BCUT2D eigenvalue weighted by atomic mass is 10.1. The monoisotopic (exact) mass is 572 g/mol. The Kier molecular flexibility index (Phi) is 9.26. The number of methoxy groups -OCH3 is 1. The van der Waals surface area contributed by atoms with E-state index in [2.05, 4.69) is 10.2 Å². The third-order valence-corrected chi connectivity index (χ3v) is 7.15. The molecule has 12 heteroatoms. The molecule has 39 heavy (non-hydrogen) atoms. The van der Waals surface area contributed by atoms with Crippen LogP contribution in [-0.2, 0) is 6.61 Å². The molecule has 0 fully saturated rings. The van der Waals surface area contributed by atoms with Crippen molar-refractivity contribution in [1.29, 1.82) is 0 Å². The van der Waals surface area contributed by atoms with Gasteiger partial charge in [0.25, 0.3) is 0 Å². The van der Waals surface area contributed by atoms with Gasteiger partial charge in [0.1, 0.15) is 29.2 Å². The number of halogens is 2. The van der Waals surface area contributed by atoms with E-state index in [1.54, 1.807) is 24.3 Å². The minimum Gasteiger partial charge on any atom is -0.494 e. The SMILES string of the molecule is CCOc1ccc(-n2c(C)nnc2S[C@H](C[N+](=O)[O-])c2cc(Cl)c(OCc3ccc(F)cc3)c(OC)c2)cc1. The van der Waals surface area contributed by atoms with Crippen molar-refractivity contribution in [3.05, 3.63) is 98.6 Å². The van der Waals surface area contributed by atoms with Crippen LogP contribution in [-0.4, -0.2) is 39.9 Å². The van der Waals surface area contributed by atoms with Gasteiger partial charge in [0.2, 0.25) is 6.54 Å². The van der Waals surface area contributed by atoms with Crippen molar-refractivity contribution < 1.29 is 23.5 Å². The Morgan fingerprint density at radius 1 is 1.10 bits per heavy atom. The first kappa shape index (κ1) is 28.2. The summed E-state index contributed by atoms with van der Waals surface area (Å²) in [6.07, 6.45) is 0. The summed E-state index contributed by atoms with van der Waals surface area (Å²) in [6, 6.07) is 16.6. The third-order valence-electron chi connectivity index (χ3n) is 5.68. The van der Waals surface area contributed by atoms with Crippen molar-refractivity contribution in [2.24, 2.45) is 0 Å². The van der Waals surface area contributed by atoms with Crippen molar-refractivity contribution in [3.63, 3.8) is 0 Å². The summed E-state index contributed by atoms with van der Waals surface area (Å²) in [5.41, 5.74) is 2.10. The Labute approximate surface area is 234 Å². The van der Waals surface area contributed by atoms with Crippen LogP contribution in [0.4, 0.5) is 4.39 Å². The van der Waals surface area contributed by atoms with E-state index >= 15 is 0 Å². The van der Waals surface area contributed by atoms with Crippen molar-refractivity contribution in [3.8, 4) is 22.9 Å². The molecule has 0 spiro atoms. The minimum atomic E-state index is -0.664. The number of rotatable bonds is 12. The number of hydrogen-bond acceptors (Lipinski definition) is 8. The van der Waals surface area contributed by atoms with Gasteiger partial charge < -0.3 is 14.2 Å². The van der Waals surface area contributed by atoms with Crippen molar-refractivity contribution in [2.45, 2.75) is 30.9 Å². The number of benzene rings is 3. The van der Waals surface area contributed by atoms with Gasteiger partial charge >= 0.3 is 0 Å². The van der Waals surface area contributed by atoms with E-state index in [-0.39, 0.29) is 28.1 Å². The molecule has 0 aliphatic heterocycles. The van der Waals surface area contributed by atoms with Crippen molar-refractivity contribution in [1.82, 2.24) is 14.8 Å². The highest BCUT2D eigenvalue weighted by atomic mass is 35.5. The average Bonchev–Trinajstić information content (AvgIpc) is 3.28. The van der Waals surface area contributed by atoms with E-state index in [0.29, 0.717) is 28.9 Å². The summed E-state index contributed by atoms with van der Waals surface area (Å²) in [6.45, 7) is 4.01. The Balaban J connectivity index is 1.62. The molecule has 0 radical (unpaired) electrons. The number of nitrogens with zero attached hydrogens (tertiary/aromatic N) is 4. The van der Waals surface area contributed by atoms with E-state index in [1.807, 2.05) is 42.7 Å². The molecule has 0 aliphatic rings. The number of aromatic nitrogens is 3. The fourth-order valence-electron chi connectivity index (χ4n) is 3.85. The zero-order chi connectivity index (χ0) is 27.9. The second-order valence-electron chi connectivity index (χ2n) is 8.36. The summed E-state index contributed by atoms with van der Waals surface area (Å²) in [7, 11) is 1.46. The quantitative estimate of drug-likeness (QED) is 0.108. The highest BCUT2D eigenvalue weighted by Crippen LogP contribution is 2.43. The zero-order valence-corrected chi connectivity index (χ0v) is 23.0. The topological polar surface area (TPSA) is 102 Å². The van der Waals surface area contributed by atoms with Gasteiger partial charge in [-0.05, 0) is 73.5 Å². The lowest BCUT2D eigenvalue weighted by Gasteiger charge is -2.18. The van der Waals surface area contributed by atoms with Gasteiger partial charge in [0, 0.05) is 10.6 Å². The fourth-order valence-corrected chi connectivity index (χ4v) is 5.28. The highest BCUT2D eigenvalue weighted by molar-refractivity contribution is 7.99. The maximum atomic E-state index is 13.2. The number of hydrogen-bond donors (Lipinski definition) is 0. The Bertz CT molecular complexity index is 1430. The van der Waals surface area contributed by atoms with Crippen LogP contribution in [0.3, 0.4) is 0 Å². The molecule has 0 amide bonds. The molecule has 0 bridgehead atoms. The Hall–Kier alpha value is -3.83. The van der Waals surface area contributed by atoms with Gasteiger partial charge in [-0.25, -0.2) is 4.39 Å². The van der Waals surface area contributed by atoms with Crippen LogP contribution >= 0.6 is 23.4 Å². The van der Waals surface area contributed by atoms with Crippen LogP contribution in [0.2, 0.25) is 5.02 Å². The second kappa shape index (κ2) is 12.8. The molecule has 0 unspecified atom stereocenters. The molecule has 1 heterocycles. The molecule has 204 valence electrons. The first-order valence-corrected chi connectivity index (χ1v) is 13.2. The molecule has 4 aromatic rings. The molecule has 1 atom stereocenters. The summed E-state index contributed by atoms with van der Waals surface area (Å²) >= 11 is 7.77. The van der Waals surface area contributed by atoms with Gasteiger partial charge in [-0.2, -0.15) is 0 Å². The number of thioether (sulfide) groups is 1. The number of ether oxygens (including phenoxy) is 3. The molecule has 0 saturated heterocycles. The highest BCUT2D eigenvalue weighted by Gasteiger charge is 2.26. The largest absolute Gasteiger partial charge is 0.494 e. The summed E-state index contributed by atoms with van der Waals surface area (Å²) in [5, 5.41) is 20.2. The summed E-state index contributed by atoms with van der Waals surface area (Å²) in [4.78, 5) is 11.3. The predicted octanol–water partition coefficient (Wildman–Crippen LogP) is 6.46. The van der Waals surface area contributed by atoms with Crippen LogP contribution < -0.4 is 14.2 Å². The van der Waals surface area contributed by atoms with Crippen LogP contribution in [0.1, 0.15) is 29.1 Å². The number of nitro groups is 1. The Morgan fingerprint density at radius 2 is 1.82 bits per heavy atom. The molecule has 4 rings (SSSR count). The maximum Gasteiger partial charge on any atom is 0.220 e. The Morgan fingerprint density at radius 3 is 2.46 bits per heavy atom. The van der Waals surface area contributed by atoms with E-state index in [9.17, 15) is 14.5 Å². The van der Waals surface area contributed by atoms with Gasteiger partial charge in [0.15, 0.2) is 16.7 Å². The maximum absolute atomic E-state index is 13.2. The normalized spacial score (nSPS) is 11.7. The lowest BCUT2D eigenvalue weighted by molar-refractivity contribution is -0.479. The molecule has 0 N–H and O–H groups in total. The first-order chi connectivity index (χ1) is 18.8. The van der Waals surface area contributed by atoms with Crippen LogP contribution in [0.5, 0.6) is 17.2 Å². The van der Waals surface area contributed by atoms with Crippen molar-refractivity contribution >= 4 is 23.4 Å². The molecular formula is C27H26ClFN4O5S. The second-order valence-corrected chi connectivity index (χ2v) is 9.94. The fraction of sp³-hybridized carbons (Fsp3) is 0.259. The van der Waals surface area contributed by atoms with E-state index < -0.39 is 11.8 Å². The lowest BCUT2D eigenvalue weighted by Crippen LogP contribution is -2.12. The van der Waals surface area contributed by atoms with Crippen LogP contribution in [0.15, 0.2) is 65.8 Å². The predicted molar refractivity (Wildman–Crippen MR) is 146 cm³/mol. The average molecular weight is 573 g/mol.